The van der Waals surface area contributed by atoms with Crippen molar-refractivity contribution in [3.63, 3.8) is 0 Å². The van der Waals surface area contributed by atoms with Crippen molar-refractivity contribution in [1.82, 2.24) is 0 Å². The van der Waals surface area contributed by atoms with Crippen molar-refractivity contribution in [3.05, 3.63) is 28.2 Å². The molecule has 1 aliphatic rings. The van der Waals surface area contributed by atoms with Crippen molar-refractivity contribution >= 4 is 33.5 Å². The van der Waals surface area contributed by atoms with E-state index in [0.29, 0.717) is 6.42 Å². The summed E-state index contributed by atoms with van der Waals surface area (Å²) in [7, 11) is 0. The zero-order valence-corrected chi connectivity index (χ0v) is 10.0. The average Bonchev–Trinajstić information content (AvgIpc) is 2.51. The van der Waals surface area contributed by atoms with Gasteiger partial charge in [0.25, 0.3) is 0 Å². The summed E-state index contributed by atoms with van der Waals surface area (Å²) >= 11 is 3.34. The number of carboxylic acid groups (broad SMARTS) is 1. The first kappa shape index (κ1) is 11.1. The summed E-state index contributed by atoms with van der Waals surface area (Å²) in [6, 6.07) is 5.62. The Labute approximate surface area is 101 Å². The smallest absolute Gasteiger partial charge is 0.305 e. The molecule has 0 spiro atoms. The van der Waals surface area contributed by atoms with Gasteiger partial charge in [0.15, 0.2) is 0 Å². The van der Waals surface area contributed by atoms with E-state index in [2.05, 4.69) is 15.9 Å². The number of hydrogen-bond acceptors (Lipinski definition) is 2. The van der Waals surface area contributed by atoms with Crippen molar-refractivity contribution < 1.29 is 14.7 Å². The summed E-state index contributed by atoms with van der Waals surface area (Å²) in [6.45, 7) is 0.234. The van der Waals surface area contributed by atoms with Gasteiger partial charge in [-0.3, -0.25) is 9.59 Å². The molecular formula is C11H10BrNO3. The number of rotatable bonds is 3. The van der Waals surface area contributed by atoms with Crippen LogP contribution in [0, 0.1) is 0 Å². The Balaban J connectivity index is 2.24. The highest BCUT2D eigenvalue weighted by Crippen LogP contribution is 2.31. The number of benzene rings is 1. The second kappa shape index (κ2) is 4.25. The number of fused-ring (bicyclic) bond motifs is 1. The number of carbonyl (C=O) groups excluding carboxylic acids is 1. The van der Waals surface area contributed by atoms with Crippen molar-refractivity contribution in [1.29, 1.82) is 0 Å². The Morgan fingerprint density at radius 1 is 1.50 bits per heavy atom. The first-order valence-corrected chi connectivity index (χ1v) is 5.68. The van der Waals surface area contributed by atoms with Crippen LogP contribution in [0.1, 0.15) is 12.0 Å². The predicted molar refractivity (Wildman–Crippen MR) is 62.5 cm³/mol. The normalized spacial score (nSPS) is 14.1. The number of carbonyl (C=O) groups is 2. The van der Waals surface area contributed by atoms with Crippen LogP contribution < -0.4 is 4.90 Å². The molecule has 16 heavy (non-hydrogen) atoms. The van der Waals surface area contributed by atoms with Crippen LogP contribution in [-0.4, -0.2) is 23.5 Å². The third kappa shape index (κ3) is 2.09. The molecule has 84 valence electrons. The molecule has 1 N–H and O–H groups in total. The minimum Gasteiger partial charge on any atom is -0.481 e. The Morgan fingerprint density at radius 2 is 2.25 bits per heavy atom. The standard InChI is InChI=1S/C11H10BrNO3/c12-8-2-1-7-5-10(14)13(9(7)6-8)4-3-11(15)16/h1-2,6H,3-5H2,(H,15,16). The average molecular weight is 284 g/mol. The number of aliphatic carboxylic acids is 1. The SMILES string of the molecule is O=C(O)CCN1C(=O)Cc2ccc(Br)cc21. The van der Waals surface area contributed by atoms with Crippen LogP contribution in [-0.2, 0) is 16.0 Å². The monoisotopic (exact) mass is 283 g/mol. The largest absolute Gasteiger partial charge is 0.481 e. The molecule has 0 bridgehead atoms. The van der Waals surface area contributed by atoms with Crippen molar-refractivity contribution in [2.75, 3.05) is 11.4 Å². The van der Waals surface area contributed by atoms with E-state index in [-0.39, 0.29) is 18.9 Å². The Morgan fingerprint density at radius 3 is 2.94 bits per heavy atom. The van der Waals surface area contributed by atoms with Gasteiger partial charge in [0.05, 0.1) is 12.8 Å². The lowest BCUT2D eigenvalue weighted by atomic mass is 10.2. The van der Waals surface area contributed by atoms with Gasteiger partial charge in [0.1, 0.15) is 0 Å². The highest BCUT2D eigenvalue weighted by atomic mass is 79.9. The summed E-state index contributed by atoms with van der Waals surface area (Å²) in [5.74, 6) is -0.925. The minimum atomic E-state index is -0.892. The second-order valence-electron chi connectivity index (χ2n) is 3.64. The molecule has 0 aromatic heterocycles. The molecule has 0 fully saturated rings. The molecule has 0 radical (unpaired) electrons. The maximum Gasteiger partial charge on any atom is 0.305 e. The topological polar surface area (TPSA) is 57.6 Å². The fourth-order valence-corrected chi connectivity index (χ4v) is 2.13. The van der Waals surface area contributed by atoms with Gasteiger partial charge in [0.2, 0.25) is 5.91 Å². The summed E-state index contributed by atoms with van der Waals surface area (Å²) in [5.41, 5.74) is 1.78. The van der Waals surface area contributed by atoms with Crippen LogP contribution in [0.25, 0.3) is 0 Å². The van der Waals surface area contributed by atoms with Crippen molar-refractivity contribution in [3.8, 4) is 0 Å². The summed E-state index contributed by atoms with van der Waals surface area (Å²) in [5, 5.41) is 8.62. The summed E-state index contributed by atoms with van der Waals surface area (Å²) in [6.07, 6.45) is 0.333. The van der Waals surface area contributed by atoms with Crippen molar-refractivity contribution in [2.45, 2.75) is 12.8 Å². The van der Waals surface area contributed by atoms with E-state index in [1.54, 1.807) is 0 Å². The number of carboxylic acids is 1. The van der Waals surface area contributed by atoms with Crippen LogP contribution in [0.3, 0.4) is 0 Å². The molecule has 1 aromatic rings. The molecular weight excluding hydrogens is 274 g/mol. The number of amides is 1. The third-order valence-electron chi connectivity index (χ3n) is 2.53. The van der Waals surface area contributed by atoms with Crippen LogP contribution in [0.5, 0.6) is 0 Å². The maximum absolute atomic E-state index is 11.7. The van der Waals surface area contributed by atoms with Gasteiger partial charge >= 0.3 is 5.97 Å². The zero-order chi connectivity index (χ0) is 11.7. The lowest BCUT2D eigenvalue weighted by molar-refractivity contribution is -0.136. The summed E-state index contributed by atoms with van der Waals surface area (Å²) in [4.78, 5) is 23.7. The van der Waals surface area contributed by atoms with Gasteiger partial charge in [-0.05, 0) is 17.7 Å². The Bertz CT molecular complexity index is 459. The number of hydrogen-bond donors (Lipinski definition) is 1. The number of nitrogens with zero attached hydrogens (tertiary/aromatic N) is 1. The fourth-order valence-electron chi connectivity index (χ4n) is 1.78. The molecule has 1 amide bonds. The van der Waals surface area contributed by atoms with E-state index in [1.165, 1.54) is 4.90 Å². The van der Waals surface area contributed by atoms with E-state index in [1.807, 2.05) is 18.2 Å². The fraction of sp³-hybridized carbons (Fsp3) is 0.273. The van der Waals surface area contributed by atoms with Crippen LogP contribution in [0.4, 0.5) is 5.69 Å². The molecule has 0 unspecified atom stereocenters. The van der Waals surface area contributed by atoms with Gasteiger partial charge in [-0.2, -0.15) is 0 Å². The Hall–Kier alpha value is -1.36. The lowest BCUT2D eigenvalue weighted by Gasteiger charge is -2.16. The first-order valence-electron chi connectivity index (χ1n) is 4.88. The van der Waals surface area contributed by atoms with Crippen LogP contribution in [0.15, 0.2) is 22.7 Å². The quantitative estimate of drug-likeness (QED) is 0.921. The maximum atomic E-state index is 11.7. The molecule has 1 aliphatic heterocycles. The highest BCUT2D eigenvalue weighted by Gasteiger charge is 2.27. The molecule has 5 heteroatoms. The number of anilines is 1. The van der Waals surface area contributed by atoms with Crippen LogP contribution in [0.2, 0.25) is 0 Å². The van der Waals surface area contributed by atoms with Gasteiger partial charge in [0, 0.05) is 16.7 Å². The molecule has 1 heterocycles. The molecule has 0 atom stereocenters. The van der Waals surface area contributed by atoms with E-state index < -0.39 is 5.97 Å². The molecule has 4 nitrogen and oxygen atoms in total. The minimum absolute atomic E-state index is 0.0301. The molecule has 0 saturated heterocycles. The number of halogens is 1. The van der Waals surface area contributed by atoms with Gasteiger partial charge in [-0.25, -0.2) is 0 Å². The van der Waals surface area contributed by atoms with Crippen molar-refractivity contribution in [2.24, 2.45) is 0 Å². The van der Waals surface area contributed by atoms with Gasteiger partial charge in [-0.15, -0.1) is 0 Å². The van der Waals surface area contributed by atoms with E-state index in [4.69, 9.17) is 5.11 Å². The molecule has 0 saturated carbocycles. The highest BCUT2D eigenvalue weighted by molar-refractivity contribution is 9.10. The Kier molecular flexibility index (Phi) is 2.96. The summed E-state index contributed by atoms with van der Waals surface area (Å²) < 4.78 is 0.890. The predicted octanol–water partition coefficient (Wildman–Crippen LogP) is 1.81. The van der Waals surface area contributed by atoms with E-state index in [9.17, 15) is 9.59 Å². The zero-order valence-electron chi connectivity index (χ0n) is 8.44. The van der Waals surface area contributed by atoms with E-state index >= 15 is 0 Å². The van der Waals surface area contributed by atoms with E-state index in [0.717, 1.165) is 15.7 Å². The van der Waals surface area contributed by atoms with Gasteiger partial charge in [-0.1, -0.05) is 22.0 Å². The van der Waals surface area contributed by atoms with Gasteiger partial charge < -0.3 is 10.0 Å². The molecule has 0 aliphatic carbocycles. The van der Waals surface area contributed by atoms with Crippen LogP contribution >= 0.6 is 15.9 Å². The molecule has 2 rings (SSSR count). The molecule has 1 aromatic carbocycles. The second-order valence-corrected chi connectivity index (χ2v) is 4.55. The third-order valence-corrected chi connectivity index (χ3v) is 3.02. The lowest BCUT2D eigenvalue weighted by Crippen LogP contribution is -2.29. The first-order chi connectivity index (χ1) is 7.58.